The van der Waals surface area contributed by atoms with Gasteiger partial charge in [0, 0.05) is 21.4 Å². The summed E-state index contributed by atoms with van der Waals surface area (Å²) in [5.74, 6) is -0.319. The fourth-order valence-electron chi connectivity index (χ4n) is 5.15. The van der Waals surface area contributed by atoms with E-state index in [1.54, 1.807) is 6.92 Å². The van der Waals surface area contributed by atoms with Crippen molar-refractivity contribution in [1.82, 2.24) is 0 Å². The smallest absolute Gasteiger partial charge is 0.341 e. The molecule has 0 saturated heterocycles. The van der Waals surface area contributed by atoms with Gasteiger partial charge in [-0.1, -0.05) is 38.2 Å². The molecule has 2 aromatic rings. The molecule has 0 bridgehead atoms. The number of carbonyl (C=O) groups is 3. The Kier molecular flexibility index (Phi) is 10.1. The number of thiophene rings is 1. The van der Waals surface area contributed by atoms with Gasteiger partial charge in [0.05, 0.1) is 17.4 Å². The predicted molar refractivity (Wildman–Crippen MR) is 152 cm³/mol. The Balaban J connectivity index is 1.43. The van der Waals surface area contributed by atoms with Gasteiger partial charge in [-0.3, -0.25) is 9.59 Å². The SMILES string of the molecule is CCOC(=O)c1c(NC(=O)C(C)Sc2cccc(NC(=O)C3CCCCC3)c2)sc2c1CCCCCC2. The molecule has 1 aromatic heterocycles. The number of benzene rings is 1. The number of ether oxygens (including phenoxy) is 1. The fourth-order valence-corrected chi connectivity index (χ4v) is 7.36. The maximum absolute atomic E-state index is 13.2. The zero-order chi connectivity index (χ0) is 26.2. The lowest BCUT2D eigenvalue weighted by molar-refractivity contribution is -0.120. The van der Waals surface area contributed by atoms with Gasteiger partial charge < -0.3 is 15.4 Å². The second-order valence-electron chi connectivity index (χ2n) is 9.94. The molecule has 6 nitrogen and oxygen atoms in total. The second kappa shape index (κ2) is 13.5. The average Bonchev–Trinajstić information content (AvgIpc) is 3.20. The molecule has 1 atom stereocenters. The number of esters is 1. The van der Waals surface area contributed by atoms with Crippen molar-refractivity contribution in [2.45, 2.75) is 94.6 Å². The first kappa shape index (κ1) is 27.7. The average molecular weight is 543 g/mol. The maximum atomic E-state index is 13.2. The Morgan fingerprint density at radius 1 is 1.03 bits per heavy atom. The topological polar surface area (TPSA) is 84.5 Å². The van der Waals surface area contributed by atoms with Crippen LogP contribution in [0, 0.1) is 5.92 Å². The monoisotopic (exact) mass is 542 g/mol. The van der Waals surface area contributed by atoms with Gasteiger partial charge in [-0.25, -0.2) is 4.79 Å². The lowest BCUT2D eigenvalue weighted by Gasteiger charge is -2.21. The third-order valence-corrected chi connectivity index (χ3v) is 9.45. The predicted octanol–water partition coefficient (Wildman–Crippen LogP) is 7.22. The van der Waals surface area contributed by atoms with Crippen molar-refractivity contribution in [3.8, 4) is 0 Å². The molecule has 1 aromatic carbocycles. The van der Waals surface area contributed by atoms with E-state index in [2.05, 4.69) is 10.6 Å². The number of anilines is 2. The normalized spacial score (nSPS) is 17.1. The molecular formula is C29H38N2O4S2. The van der Waals surface area contributed by atoms with Crippen molar-refractivity contribution in [2.75, 3.05) is 17.2 Å². The van der Waals surface area contributed by atoms with Gasteiger partial charge in [-0.05, 0) is 76.1 Å². The highest BCUT2D eigenvalue weighted by Crippen LogP contribution is 2.38. The number of aryl methyl sites for hydroxylation is 1. The van der Waals surface area contributed by atoms with Gasteiger partial charge in [-0.15, -0.1) is 23.1 Å². The number of nitrogens with one attached hydrogen (secondary N) is 2. The van der Waals surface area contributed by atoms with Crippen molar-refractivity contribution < 1.29 is 19.1 Å². The maximum Gasteiger partial charge on any atom is 0.341 e. The third-order valence-electron chi connectivity index (χ3n) is 7.15. The lowest BCUT2D eigenvalue weighted by atomic mass is 9.88. The summed E-state index contributed by atoms with van der Waals surface area (Å²) in [6.45, 7) is 3.97. The van der Waals surface area contributed by atoms with Crippen LogP contribution >= 0.6 is 23.1 Å². The standard InChI is InChI=1S/C29H38N2O4S2/c1-3-35-29(34)25-23-16-9-4-5-10-17-24(23)37-28(25)31-26(32)19(2)36-22-15-11-14-21(18-22)30-27(33)20-12-7-6-8-13-20/h11,14-15,18-20H,3-10,12-13,16-17H2,1-2H3,(H,30,33)(H,31,32). The molecule has 1 saturated carbocycles. The van der Waals surface area contributed by atoms with Gasteiger partial charge in [0.2, 0.25) is 11.8 Å². The van der Waals surface area contributed by atoms with Crippen LogP contribution in [0.15, 0.2) is 29.2 Å². The summed E-state index contributed by atoms with van der Waals surface area (Å²) in [6.07, 6.45) is 11.6. The van der Waals surface area contributed by atoms with Crippen LogP contribution in [0.3, 0.4) is 0 Å². The first-order chi connectivity index (χ1) is 18.0. The van der Waals surface area contributed by atoms with E-state index >= 15 is 0 Å². The van der Waals surface area contributed by atoms with E-state index in [4.69, 9.17) is 4.74 Å². The number of amides is 2. The minimum absolute atomic E-state index is 0.0902. The minimum Gasteiger partial charge on any atom is -0.462 e. The summed E-state index contributed by atoms with van der Waals surface area (Å²) in [5.41, 5.74) is 2.36. The highest BCUT2D eigenvalue weighted by Gasteiger charge is 2.27. The van der Waals surface area contributed by atoms with E-state index in [9.17, 15) is 14.4 Å². The van der Waals surface area contributed by atoms with E-state index in [0.717, 1.165) is 73.9 Å². The molecule has 1 heterocycles. The molecule has 0 radical (unpaired) electrons. The van der Waals surface area contributed by atoms with E-state index in [1.807, 2.05) is 31.2 Å². The molecule has 4 rings (SSSR count). The van der Waals surface area contributed by atoms with Crippen LogP contribution in [-0.2, 0) is 27.2 Å². The molecule has 2 amide bonds. The number of hydrogen-bond donors (Lipinski definition) is 2. The van der Waals surface area contributed by atoms with Gasteiger partial charge in [0.1, 0.15) is 5.00 Å². The van der Waals surface area contributed by atoms with Crippen LogP contribution in [-0.4, -0.2) is 29.6 Å². The molecule has 37 heavy (non-hydrogen) atoms. The number of carbonyl (C=O) groups excluding carboxylic acids is 3. The largest absolute Gasteiger partial charge is 0.462 e. The first-order valence-electron chi connectivity index (χ1n) is 13.7. The quantitative estimate of drug-likeness (QED) is 0.272. The van der Waals surface area contributed by atoms with Crippen LogP contribution in [0.4, 0.5) is 10.7 Å². The van der Waals surface area contributed by atoms with Crippen LogP contribution in [0.5, 0.6) is 0 Å². The number of thioether (sulfide) groups is 1. The Morgan fingerprint density at radius 3 is 2.51 bits per heavy atom. The Hall–Kier alpha value is -2.32. The molecule has 0 spiro atoms. The molecule has 2 aliphatic rings. The third kappa shape index (κ3) is 7.38. The van der Waals surface area contributed by atoms with Crippen LogP contribution in [0.2, 0.25) is 0 Å². The zero-order valence-electron chi connectivity index (χ0n) is 21.9. The molecular weight excluding hydrogens is 504 g/mol. The molecule has 8 heteroatoms. The Labute approximate surface area is 228 Å². The van der Waals surface area contributed by atoms with Crippen LogP contribution < -0.4 is 10.6 Å². The summed E-state index contributed by atoms with van der Waals surface area (Å²) < 4.78 is 5.37. The van der Waals surface area contributed by atoms with Gasteiger partial charge in [0.15, 0.2) is 0 Å². The number of rotatable bonds is 8. The molecule has 0 aliphatic heterocycles. The zero-order valence-corrected chi connectivity index (χ0v) is 23.5. The van der Waals surface area contributed by atoms with Crippen molar-refractivity contribution in [3.63, 3.8) is 0 Å². The van der Waals surface area contributed by atoms with E-state index in [0.29, 0.717) is 17.2 Å². The molecule has 1 fully saturated rings. The Bertz CT molecular complexity index is 1110. The molecule has 2 N–H and O–H groups in total. The van der Waals surface area contributed by atoms with Crippen molar-refractivity contribution in [2.24, 2.45) is 5.92 Å². The van der Waals surface area contributed by atoms with Crippen molar-refractivity contribution in [1.29, 1.82) is 0 Å². The summed E-state index contributed by atoms with van der Waals surface area (Å²) in [7, 11) is 0. The number of hydrogen-bond acceptors (Lipinski definition) is 6. The summed E-state index contributed by atoms with van der Waals surface area (Å²) in [6, 6.07) is 7.67. The van der Waals surface area contributed by atoms with Gasteiger partial charge >= 0.3 is 5.97 Å². The van der Waals surface area contributed by atoms with Crippen molar-refractivity contribution in [3.05, 3.63) is 40.3 Å². The lowest BCUT2D eigenvalue weighted by Crippen LogP contribution is -2.24. The summed E-state index contributed by atoms with van der Waals surface area (Å²) in [5, 5.41) is 6.33. The van der Waals surface area contributed by atoms with Crippen molar-refractivity contribution >= 4 is 51.6 Å². The minimum atomic E-state index is -0.385. The molecule has 200 valence electrons. The summed E-state index contributed by atoms with van der Waals surface area (Å²) >= 11 is 2.96. The Morgan fingerprint density at radius 2 is 1.76 bits per heavy atom. The highest BCUT2D eigenvalue weighted by atomic mass is 32.2. The molecule has 1 unspecified atom stereocenters. The van der Waals surface area contributed by atoms with Gasteiger partial charge in [-0.2, -0.15) is 0 Å². The highest BCUT2D eigenvalue weighted by molar-refractivity contribution is 8.00. The van der Waals surface area contributed by atoms with E-state index in [-0.39, 0.29) is 29.0 Å². The van der Waals surface area contributed by atoms with E-state index < -0.39 is 0 Å². The van der Waals surface area contributed by atoms with Crippen LogP contribution in [0.1, 0.15) is 92.4 Å². The van der Waals surface area contributed by atoms with Gasteiger partial charge in [0.25, 0.3) is 0 Å². The number of fused-ring (bicyclic) bond motifs is 1. The summed E-state index contributed by atoms with van der Waals surface area (Å²) in [4.78, 5) is 40.9. The fraction of sp³-hybridized carbons (Fsp3) is 0.552. The second-order valence-corrected chi connectivity index (χ2v) is 12.5. The first-order valence-corrected chi connectivity index (χ1v) is 15.4. The van der Waals surface area contributed by atoms with Crippen LogP contribution in [0.25, 0.3) is 0 Å². The molecule has 2 aliphatic carbocycles. The van der Waals surface area contributed by atoms with E-state index in [1.165, 1.54) is 40.8 Å².